The number of nitrogens with zero attached hydrogens (tertiary/aromatic N) is 1. The number of benzene rings is 1. The number of anilines is 1. The molecule has 1 aromatic rings. The summed E-state index contributed by atoms with van der Waals surface area (Å²) in [5.74, 6) is -0.943. The summed E-state index contributed by atoms with van der Waals surface area (Å²) in [5.41, 5.74) is 6.95. The van der Waals surface area contributed by atoms with E-state index in [1.54, 1.807) is 0 Å². The van der Waals surface area contributed by atoms with Gasteiger partial charge in [-0.2, -0.15) is 0 Å². The van der Waals surface area contributed by atoms with Crippen LogP contribution in [0.4, 0.5) is 5.69 Å². The number of carboxylic acid groups (broad SMARTS) is 1. The first-order chi connectivity index (χ1) is 8.52. The number of aliphatic carboxylic acids is 1. The Bertz CT molecular complexity index is 440. The van der Waals surface area contributed by atoms with Crippen molar-refractivity contribution in [2.45, 2.75) is 31.7 Å². The van der Waals surface area contributed by atoms with Crippen LogP contribution in [0.2, 0.25) is 0 Å². The summed E-state index contributed by atoms with van der Waals surface area (Å²) in [7, 11) is 0. The van der Waals surface area contributed by atoms with Crippen molar-refractivity contribution in [2.24, 2.45) is 5.73 Å². The Labute approximate surface area is 107 Å². The Morgan fingerprint density at radius 3 is 2.33 bits per heavy atom. The molecule has 1 aliphatic carbocycles. The zero-order chi connectivity index (χ0) is 13.3. The maximum absolute atomic E-state index is 11.0. The molecule has 0 heterocycles. The van der Waals surface area contributed by atoms with Crippen LogP contribution >= 0.6 is 0 Å². The third-order valence-electron chi connectivity index (χ3n) is 3.83. The van der Waals surface area contributed by atoms with Crippen LogP contribution in [-0.4, -0.2) is 29.7 Å². The van der Waals surface area contributed by atoms with Crippen LogP contribution in [0.3, 0.4) is 0 Å². The van der Waals surface area contributed by atoms with Crippen molar-refractivity contribution in [3.05, 3.63) is 29.8 Å². The van der Waals surface area contributed by atoms with E-state index in [1.165, 1.54) is 5.69 Å². The second-order valence-electron chi connectivity index (χ2n) is 4.87. The van der Waals surface area contributed by atoms with Crippen molar-refractivity contribution in [2.75, 3.05) is 18.0 Å². The first-order valence-corrected chi connectivity index (χ1v) is 6.40. The summed E-state index contributed by atoms with van der Waals surface area (Å²) >= 11 is 0. The molecule has 1 aliphatic rings. The first-order valence-electron chi connectivity index (χ1n) is 6.40. The Balaban J connectivity index is 2.13. The minimum Gasteiger partial charge on any atom is -0.480 e. The average Bonchev–Trinajstić information content (AvgIpc) is 3.06. The quantitative estimate of drug-likeness (QED) is 0.834. The van der Waals surface area contributed by atoms with E-state index < -0.39 is 11.5 Å². The second-order valence-corrected chi connectivity index (χ2v) is 4.87. The Kier molecular flexibility index (Phi) is 3.30. The highest BCUT2D eigenvalue weighted by Gasteiger charge is 2.58. The van der Waals surface area contributed by atoms with Gasteiger partial charge in [0.25, 0.3) is 0 Å². The molecule has 18 heavy (non-hydrogen) atoms. The molecular formula is C14H20N2O2. The highest BCUT2D eigenvalue weighted by Crippen LogP contribution is 2.49. The molecule has 1 fully saturated rings. The van der Waals surface area contributed by atoms with Crippen LogP contribution in [0.5, 0.6) is 0 Å². The van der Waals surface area contributed by atoms with Crippen LogP contribution < -0.4 is 10.6 Å². The molecule has 0 saturated heterocycles. The van der Waals surface area contributed by atoms with Crippen molar-refractivity contribution < 1.29 is 9.90 Å². The first kappa shape index (κ1) is 12.9. The van der Waals surface area contributed by atoms with E-state index in [4.69, 9.17) is 10.8 Å². The third kappa shape index (κ3) is 2.08. The van der Waals surface area contributed by atoms with Gasteiger partial charge < -0.3 is 15.7 Å². The highest BCUT2D eigenvalue weighted by molar-refractivity contribution is 5.85. The molecule has 3 N–H and O–H groups in total. The SMILES string of the molecule is CCN(CC)c1ccc(C2CC2(N)C(=O)O)cc1. The third-order valence-corrected chi connectivity index (χ3v) is 3.83. The van der Waals surface area contributed by atoms with Crippen molar-refractivity contribution in [1.29, 1.82) is 0 Å². The molecule has 0 aromatic heterocycles. The molecule has 0 aliphatic heterocycles. The van der Waals surface area contributed by atoms with Gasteiger partial charge in [0.1, 0.15) is 5.54 Å². The summed E-state index contributed by atoms with van der Waals surface area (Å²) in [4.78, 5) is 13.3. The molecule has 1 saturated carbocycles. The molecule has 4 nitrogen and oxygen atoms in total. The van der Waals surface area contributed by atoms with Gasteiger partial charge in [-0.1, -0.05) is 12.1 Å². The monoisotopic (exact) mass is 248 g/mol. The van der Waals surface area contributed by atoms with E-state index in [-0.39, 0.29) is 5.92 Å². The smallest absolute Gasteiger partial charge is 0.324 e. The number of hydrogen-bond donors (Lipinski definition) is 2. The van der Waals surface area contributed by atoms with Gasteiger partial charge in [-0.05, 0) is 38.0 Å². The van der Waals surface area contributed by atoms with Gasteiger partial charge in [0.2, 0.25) is 0 Å². The van der Waals surface area contributed by atoms with Crippen LogP contribution in [0.1, 0.15) is 31.7 Å². The van der Waals surface area contributed by atoms with Gasteiger partial charge in [-0.3, -0.25) is 4.79 Å². The van der Waals surface area contributed by atoms with Crippen LogP contribution in [0, 0.1) is 0 Å². The second kappa shape index (κ2) is 4.61. The summed E-state index contributed by atoms with van der Waals surface area (Å²) in [6, 6.07) is 8.08. The number of hydrogen-bond acceptors (Lipinski definition) is 3. The van der Waals surface area contributed by atoms with E-state index >= 15 is 0 Å². The average molecular weight is 248 g/mol. The number of carbonyl (C=O) groups is 1. The zero-order valence-electron chi connectivity index (χ0n) is 10.9. The maximum Gasteiger partial charge on any atom is 0.324 e. The predicted octanol–water partition coefficient (Wildman–Crippen LogP) is 1.80. The summed E-state index contributed by atoms with van der Waals surface area (Å²) in [6.07, 6.45) is 0.535. The Morgan fingerprint density at radius 1 is 1.39 bits per heavy atom. The largest absolute Gasteiger partial charge is 0.480 e. The van der Waals surface area contributed by atoms with Gasteiger partial charge in [0, 0.05) is 24.7 Å². The van der Waals surface area contributed by atoms with E-state index in [2.05, 4.69) is 18.7 Å². The molecular weight excluding hydrogens is 228 g/mol. The topological polar surface area (TPSA) is 66.6 Å². The maximum atomic E-state index is 11.0. The van der Waals surface area contributed by atoms with E-state index in [1.807, 2.05) is 24.3 Å². The van der Waals surface area contributed by atoms with E-state index in [0.717, 1.165) is 18.7 Å². The van der Waals surface area contributed by atoms with Crippen molar-refractivity contribution in [3.8, 4) is 0 Å². The van der Waals surface area contributed by atoms with Crippen molar-refractivity contribution >= 4 is 11.7 Å². The molecule has 1 aromatic carbocycles. The summed E-state index contributed by atoms with van der Waals surface area (Å²) < 4.78 is 0. The lowest BCUT2D eigenvalue weighted by atomic mass is 10.1. The lowest BCUT2D eigenvalue weighted by Gasteiger charge is -2.21. The standard InChI is InChI=1S/C14H20N2O2/c1-3-16(4-2)11-7-5-10(6-8-11)12-9-14(12,15)13(17)18/h5-8,12H,3-4,9,15H2,1-2H3,(H,17,18). The van der Waals surface area contributed by atoms with Crippen LogP contribution in [0.15, 0.2) is 24.3 Å². The fourth-order valence-corrected chi connectivity index (χ4v) is 2.44. The Hall–Kier alpha value is -1.55. The summed E-state index contributed by atoms with van der Waals surface area (Å²) in [5, 5.41) is 9.03. The van der Waals surface area contributed by atoms with E-state index in [9.17, 15) is 4.79 Å². The minimum absolute atomic E-state index is 0.0410. The molecule has 2 atom stereocenters. The molecule has 0 spiro atoms. The fraction of sp³-hybridized carbons (Fsp3) is 0.500. The van der Waals surface area contributed by atoms with Gasteiger partial charge in [-0.25, -0.2) is 0 Å². The van der Waals surface area contributed by atoms with Gasteiger partial charge in [-0.15, -0.1) is 0 Å². The van der Waals surface area contributed by atoms with Gasteiger partial charge in [0.05, 0.1) is 0 Å². The lowest BCUT2D eigenvalue weighted by molar-refractivity contribution is -0.139. The minimum atomic E-state index is -1.04. The van der Waals surface area contributed by atoms with Gasteiger partial charge in [0.15, 0.2) is 0 Å². The number of rotatable bonds is 5. The van der Waals surface area contributed by atoms with Gasteiger partial charge >= 0.3 is 5.97 Å². The molecule has 0 radical (unpaired) electrons. The van der Waals surface area contributed by atoms with Crippen LogP contribution in [0.25, 0.3) is 0 Å². The highest BCUT2D eigenvalue weighted by atomic mass is 16.4. The molecule has 0 bridgehead atoms. The number of nitrogens with two attached hydrogens (primary N) is 1. The molecule has 0 amide bonds. The lowest BCUT2D eigenvalue weighted by Crippen LogP contribution is -2.34. The van der Waals surface area contributed by atoms with Crippen molar-refractivity contribution in [3.63, 3.8) is 0 Å². The fourth-order valence-electron chi connectivity index (χ4n) is 2.44. The zero-order valence-corrected chi connectivity index (χ0v) is 10.9. The van der Waals surface area contributed by atoms with E-state index in [0.29, 0.717) is 6.42 Å². The van der Waals surface area contributed by atoms with Crippen molar-refractivity contribution in [1.82, 2.24) is 0 Å². The summed E-state index contributed by atoms with van der Waals surface area (Å²) in [6.45, 7) is 6.17. The normalized spacial score (nSPS) is 25.8. The molecule has 98 valence electrons. The number of carboxylic acids is 1. The molecule has 4 heteroatoms. The molecule has 2 rings (SSSR count). The predicted molar refractivity (Wildman–Crippen MR) is 71.9 cm³/mol. The Morgan fingerprint density at radius 2 is 1.94 bits per heavy atom. The molecule has 2 unspecified atom stereocenters. The van der Waals surface area contributed by atoms with Crippen LogP contribution in [-0.2, 0) is 4.79 Å².